The van der Waals surface area contributed by atoms with E-state index in [2.05, 4.69) is 31.0 Å². The second kappa shape index (κ2) is 7.24. The second-order valence-corrected chi connectivity index (χ2v) is 5.00. The molecule has 2 atom stereocenters. The summed E-state index contributed by atoms with van der Waals surface area (Å²) < 4.78 is 0. The van der Waals surface area contributed by atoms with Crippen LogP contribution >= 0.6 is 0 Å². The first kappa shape index (κ1) is 13.0. The van der Waals surface area contributed by atoms with Crippen molar-refractivity contribution in [1.29, 1.82) is 0 Å². The second-order valence-electron chi connectivity index (χ2n) is 5.00. The van der Waals surface area contributed by atoms with E-state index in [-0.39, 0.29) is 0 Å². The normalized spacial score (nSPS) is 26.2. The van der Waals surface area contributed by atoms with E-state index in [4.69, 9.17) is 0 Å². The highest BCUT2D eigenvalue weighted by molar-refractivity contribution is 4.72. The third-order valence-electron chi connectivity index (χ3n) is 3.69. The molecule has 90 valence electrons. The lowest BCUT2D eigenvalue weighted by atomic mass is 10.1. The molecule has 0 radical (unpaired) electrons. The van der Waals surface area contributed by atoms with E-state index in [1.54, 1.807) is 0 Å². The Kier molecular flexibility index (Phi) is 6.26. The zero-order valence-electron chi connectivity index (χ0n) is 10.8. The van der Waals surface area contributed by atoms with Gasteiger partial charge in [0.25, 0.3) is 0 Å². The van der Waals surface area contributed by atoms with E-state index in [0.717, 1.165) is 12.6 Å². The van der Waals surface area contributed by atoms with Crippen molar-refractivity contribution >= 4 is 0 Å². The molecule has 0 spiro atoms. The predicted molar refractivity (Wildman–Crippen MR) is 67.3 cm³/mol. The number of rotatable bonds is 5. The summed E-state index contributed by atoms with van der Waals surface area (Å²) >= 11 is 0. The molecule has 1 fully saturated rings. The van der Waals surface area contributed by atoms with Crippen molar-refractivity contribution in [2.75, 3.05) is 19.6 Å². The van der Waals surface area contributed by atoms with Gasteiger partial charge in [-0.3, -0.25) is 4.90 Å². The fraction of sp³-hybridized carbons (Fsp3) is 1.00. The van der Waals surface area contributed by atoms with E-state index >= 15 is 0 Å². The molecule has 1 N–H and O–H groups in total. The van der Waals surface area contributed by atoms with Gasteiger partial charge in [-0.05, 0) is 39.7 Å². The Morgan fingerprint density at radius 1 is 1.33 bits per heavy atom. The van der Waals surface area contributed by atoms with Crippen molar-refractivity contribution in [1.82, 2.24) is 10.2 Å². The lowest BCUT2D eigenvalue weighted by Gasteiger charge is -2.27. The van der Waals surface area contributed by atoms with Gasteiger partial charge in [0.1, 0.15) is 0 Å². The van der Waals surface area contributed by atoms with E-state index in [9.17, 15) is 0 Å². The summed E-state index contributed by atoms with van der Waals surface area (Å²) in [6, 6.07) is 1.47. The summed E-state index contributed by atoms with van der Waals surface area (Å²) in [6.07, 6.45) is 6.88. The molecule has 0 aliphatic carbocycles. The van der Waals surface area contributed by atoms with Gasteiger partial charge in [-0.1, -0.05) is 19.8 Å². The number of nitrogens with one attached hydrogen (secondary N) is 1. The van der Waals surface area contributed by atoms with Crippen molar-refractivity contribution < 1.29 is 0 Å². The molecule has 2 heteroatoms. The number of nitrogens with zero attached hydrogens (tertiary/aromatic N) is 1. The lowest BCUT2D eigenvalue weighted by molar-refractivity contribution is 0.211. The molecule has 15 heavy (non-hydrogen) atoms. The van der Waals surface area contributed by atoms with Gasteiger partial charge in [0.15, 0.2) is 0 Å². The molecule has 0 aromatic carbocycles. The van der Waals surface area contributed by atoms with E-state index in [1.165, 1.54) is 45.2 Å². The van der Waals surface area contributed by atoms with Gasteiger partial charge >= 0.3 is 0 Å². The SMILES string of the molecule is CCC(C)NCCN1CCCCCC1C. The van der Waals surface area contributed by atoms with Crippen LogP contribution in [0.1, 0.15) is 52.9 Å². The lowest BCUT2D eigenvalue weighted by Crippen LogP contribution is -2.40. The zero-order valence-corrected chi connectivity index (χ0v) is 10.8. The average molecular weight is 212 g/mol. The molecule has 0 aromatic heterocycles. The molecule has 1 aliphatic heterocycles. The maximum Gasteiger partial charge on any atom is 0.0110 e. The van der Waals surface area contributed by atoms with Crippen LogP contribution in [0.2, 0.25) is 0 Å². The molecular formula is C13H28N2. The van der Waals surface area contributed by atoms with Crippen LogP contribution in [0.25, 0.3) is 0 Å². The zero-order chi connectivity index (χ0) is 11.1. The molecule has 2 nitrogen and oxygen atoms in total. The van der Waals surface area contributed by atoms with Gasteiger partial charge in [0, 0.05) is 25.2 Å². The largest absolute Gasteiger partial charge is 0.313 e. The Bertz CT molecular complexity index is 159. The summed E-state index contributed by atoms with van der Waals surface area (Å²) in [6.45, 7) is 10.6. The highest BCUT2D eigenvalue weighted by Crippen LogP contribution is 2.15. The molecule has 0 aromatic rings. The molecule has 0 bridgehead atoms. The van der Waals surface area contributed by atoms with Gasteiger partial charge in [-0.15, -0.1) is 0 Å². The smallest absolute Gasteiger partial charge is 0.0110 e. The van der Waals surface area contributed by atoms with Gasteiger partial charge in [-0.2, -0.15) is 0 Å². The van der Waals surface area contributed by atoms with Gasteiger partial charge < -0.3 is 5.32 Å². The minimum absolute atomic E-state index is 0.673. The fourth-order valence-electron chi connectivity index (χ4n) is 2.27. The van der Waals surface area contributed by atoms with Crippen LogP contribution in [0.15, 0.2) is 0 Å². The van der Waals surface area contributed by atoms with E-state index in [1.807, 2.05) is 0 Å². The third kappa shape index (κ3) is 4.98. The van der Waals surface area contributed by atoms with Gasteiger partial charge in [0.2, 0.25) is 0 Å². The predicted octanol–water partition coefficient (Wildman–Crippen LogP) is 2.64. The molecule has 0 saturated carbocycles. The van der Waals surface area contributed by atoms with Crippen molar-refractivity contribution in [2.45, 2.75) is 65.0 Å². The number of hydrogen-bond donors (Lipinski definition) is 1. The first-order valence-corrected chi connectivity index (χ1v) is 6.71. The summed E-state index contributed by atoms with van der Waals surface area (Å²) in [5, 5.41) is 3.58. The fourth-order valence-corrected chi connectivity index (χ4v) is 2.27. The summed E-state index contributed by atoms with van der Waals surface area (Å²) in [5.74, 6) is 0. The quantitative estimate of drug-likeness (QED) is 0.753. The molecule has 1 rings (SSSR count). The molecule has 1 heterocycles. The van der Waals surface area contributed by atoms with Crippen molar-refractivity contribution in [3.63, 3.8) is 0 Å². The standard InChI is InChI=1S/C13H28N2/c1-4-12(2)14-9-11-15-10-7-5-6-8-13(15)3/h12-14H,4-11H2,1-3H3. The first-order chi connectivity index (χ1) is 7.24. The molecular weight excluding hydrogens is 184 g/mol. The Balaban J connectivity index is 2.17. The molecule has 1 aliphatic rings. The van der Waals surface area contributed by atoms with Crippen molar-refractivity contribution in [2.24, 2.45) is 0 Å². The number of hydrogen-bond acceptors (Lipinski definition) is 2. The summed E-state index contributed by atoms with van der Waals surface area (Å²) in [4.78, 5) is 2.66. The van der Waals surface area contributed by atoms with Crippen molar-refractivity contribution in [3.05, 3.63) is 0 Å². The minimum Gasteiger partial charge on any atom is -0.313 e. The van der Waals surface area contributed by atoms with Crippen LogP contribution in [0.3, 0.4) is 0 Å². The highest BCUT2D eigenvalue weighted by atomic mass is 15.2. The Hall–Kier alpha value is -0.0800. The molecule has 1 saturated heterocycles. The molecule has 0 amide bonds. The van der Waals surface area contributed by atoms with Crippen LogP contribution in [0.5, 0.6) is 0 Å². The van der Waals surface area contributed by atoms with Crippen LogP contribution in [0, 0.1) is 0 Å². The van der Waals surface area contributed by atoms with Gasteiger partial charge in [-0.25, -0.2) is 0 Å². The van der Waals surface area contributed by atoms with Crippen LogP contribution in [0.4, 0.5) is 0 Å². The van der Waals surface area contributed by atoms with Crippen LogP contribution in [-0.4, -0.2) is 36.6 Å². The molecule has 2 unspecified atom stereocenters. The van der Waals surface area contributed by atoms with Gasteiger partial charge in [0.05, 0.1) is 0 Å². The maximum absolute atomic E-state index is 3.58. The Morgan fingerprint density at radius 3 is 2.87 bits per heavy atom. The summed E-state index contributed by atoms with van der Waals surface area (Å²) in [5.41, 5.74) is 0. The highest BCUT2D eigenvalue weighted by Gasteiger charge is 2.15. The third-order valence-corrected chi connectivity index (χ3v) is 3.69. The summed E-state index contributed by atoms with van der Waals surface area (Å²) in [7, 11) is 0. The topological polar surface area (TPSA) is 15.3 Å². The van der Waals surface area contributed by atoms with E-state index < -0.39 is 0 Å². The number of likely N-dealkylation sites (tertiary alicyclic amines) is 1. The van der Waals surface area contributed by atoms with E-state index in [0.29, 0.717) is 6.04 Å². The first-order valence-electron chi connectivity index (χ1n) is 6.71. The average Bonchev–Trinajstić information content (AvgIpc) is 2.44. The maximum atomic E-state index is 3.58. The Labute approximate surface area is 95.4 Å². The monoisotopic (exact) mass is 212 g/mol. The minimum atomic E-state index is 0.673. The Morgan fingerprint density at radius 2 is 2.13 bits per heavy atom. The van der Waals surface area contributed by atoms with Crippen LogP contribution < -0.4 is 5.32 Å². The van der Waals surface area contributed by atoms with Crippen LogP contribution in [-0.2, 0) is 0 Å². The van der Waals surface area contributed by atoms with Crippen molar-refractivity contribution in [3.8, 4) is 0 Å².